The third-order valence-electron chi connectivity index (χ3n) is 2.06. The normalized spacial score (nSPS) is 10.4. The minimum Gasteiger partial charge on any atom is -0.424 e. The summed E-state index contributed by atoms with van der Waals surface area (Å²) in [4.78, 5) is 24.7. The topological polar surface area (TPSA) is 59.2 Å². The smallest absolute Gasteiger partial charge is 0.308 e. The Hall–Kier alpha value is -1.81. The summed E-state index contributed by atoms with van der Waals surface area (Å²) < 4.78 is 4.97. The number of esters is 1. The van der Waals surface area contributed by atoms with E-state index in [2.05, 4.69) is 4.98 Å². The summed E-state index contributed by atoms with van der Waals surface area (Å²) in [7, 11) is 0. The van der Waals surface area contributed by atoms with Crippen LogP contribution in [-0.4, -0.2) is 11.0 Å². The van der Waals surface area contributed by atoms with E-state index >= 15 is 0 Å². The molecule has 2 rings (SSSR count). The Kier molecular flexibility index (Phi) is 2.66. The fourth-order valence-electron chi connectivity index (χ4n) is 1.43. The van der Waals surface area contributed by atoms with Crippen LogP contribution in [0.15, 0.2) is 29.1 Å². The summed E-state index contributed by atoms with van der Waals surface area (Å²) in [5.41, 5.74) is 0.151. The number of nitrogens with one attached hydrogen (secondary N) is 1. The molecule has 4 nitrogen and oxygen atoms in total. The standard InChI is InChI=1S/C11H8ClNO3/c1-6(14)16-9-4-3-8(12)7-2-5-10(15)13-11(7)9/h2-5H,1H3,(H,13,15). The third kappa shape index (κ3) is 1.92. The molecule has 2 aromatic rings. The van der Waals surface area contributed by atoms with E-state index in [-0.39, 0.29) is 5.56 Å². The molecule has 0 atom stereocenters. The van der Waals surface area contributed by atoms with Crippen molar-refractivity contribution in [3.63, 3.8) is 0 Å². The number of benzene rings is 1. The molecule has 1 aromatic carbocycles. The van der Waals surface area contributed by atoms with E-state index in [9.17, 15) is 9.59 Å². The molecular weight excluding hydrogens is 230 g/mol. The molecule has 1 heterocycles. The van der Waals surface area contributed by atoms with Gasteiger partial charge in [-0.1, -0.05) is 11.6 Å². The van der Waals surface area contributed by atoms with Gasteiger partial charge in [-0.15, -0.1) is 0 Å². The lowest BCUT2D eigenvalue weighted by molar-refractivity contribution is -0.131. The lowest BCUT2D eigenvalue weighted by Crippen LogP contribution is -2.07. The number of H-pyrrole nitrogens is 1. The second-order valence-electron chi connectivity index (χ2n) is 3.25. The van der Waals surface area contributed by atoms with Crippen LogP contribution < -0.4 is 10.3 Å². The van der Waals surface area contributed by atoms with Crippen molar-refractivity contribution in [1.29, 1.82) is 0 Å². The van der Waals surface area contributed by atoms with Crippen molar-refractivity contribution in [2.45, 2.75) is 6.92 Å². The fourth-order valence-corrected chi connectivity index (χ4v) is 1.65. The molecule has 0 spiro atoms. The SMILES string of the molecule is CC(=O)Oc1ccc(Cl)c2ccc(=O)[nH]c12. The van der Waals surface area contributed by atoms with Gasteiger partial charge in [0.2, 0.25) is 5.56 Å². The maximum absolute atomic E-state index is 11.2. The molecule has 0 fully saturated rings. The molecular formula is C11H8ClNO3. The number of carbonyl (C=O) groups is 1. The van der Waals surface area contributed by atoms with Gasteiger partial charge in [-0.05, 0) is 18.2 Å². The first-order chi connectivity index (χ1) is 7.58. The van der Waals surface area contributed by atoms with E-state index in [1.54, 1.807) is 18.2 Å². The van der Waals surface area contributed by atoms with Crippen LogP contribution in [0.4, 0.5) is 0 Å². The third-order valence-corrected chi connectivity index (χ3v) is 2.39. The van der Waals surface area contributed by atoms with E-state index in [0.29, 0.717) is 21.7 Å². The van der Waals surface area contributed by atoms with Crippen LogP contribution in [0.2, 0.25) is 5.02 Å². The monoisotopic (exact) mass is 237 g/mol. The van der Waals surface area contributed by atoms with Gasteiger partial charge < -0.3 is 9.72 Å². The molecule has 5 heteroatoms. The number of halogens is 1. The molecule has 16 heavy (non-hydrogen) atoms. The Morgan fingerprint density at radius 3 is 2.75 bits per heavy atom. The quantitative estimate of drug-likeness (QED) is 0.610. The number of rotatable bonds is 1. The highest BCUT2D eigenvalue weighted by molar-refractivity contribution is 6.35. The van der Waals surface area contributed by atoms with Crippen LogP contribution in [0.5, 0.6) is 5.75 Å². The number of pyridine rings is 1. The van der Waals surface area contributed by atoms with E-state index in [1.165, 1.54) is 13.0 Å². The van der Waals surface area contributed by atoms with Crippen molar-refractivity contribution in [2.24, 2.45) is 0 Å². The van der Waals surface area contributed by atoms with Crippen molar-refractivity contribution in [3.05, 3.63) is 39.6 Å². The largest absolute Gasteiger partial charge is 0.424 e. The Labute approximate surface area is 95.8 Å². The first-order valence-corrected chi connectivity index (χ1v) is 4.95. The molecule has 0 saturated heterocycles. The highest BCUT2D eigenvalue weighted by atomic mass is 35.5. The van der Waals surface area contributed by atoms with Crippen molar-refractivity contribution in [2.75, 3.05) is 0 Å². The Balaban J connectivity index is 2.75. The zero-order chi connectivity index (χ0) is 11.7. The molecule has 1 aromatic heterocycles. The van der Waals surface area contributed by atoms with Crippen molar-refractivity contribution >= 4 is 28.5 Å². The number of carbonyl (C=O) groups excluding carboxylic acids is 1. The van der Waals surface area contributed by atoms with Gasteiger partial charge >= 0.3 is 5.97 Å². The molecule has 1 N–H and O–H groups in total. The Morgan fingerprint density at radius 1 is 1.31 bits per heavy atom. The molecule has 0 amide bonds. The number of ether oxygens (including phenoxy) is 1. The fraction of sp³-hybridized carbons (Fsp3) is 0.0909. The minimum atomic E-state index is -0.451. The van der Waals surface area contributed by atoms with Gasteiger partial charge in [-0.25, -0.2) is 0 Å². The van der Waals surface area contributed by atoms with Crippen LogP contribution in [0.1, 0.15) is 6.92 Å². The van der Waals surface area contributed by atoms with Crippen molar-refractivity contribution in [3.8, 4) is 5.75 Å². The minimum absolute atomic E-state index is 0.275. The first kappa shape index (κ1) is 10.7. The Morgan fingerprint density at radius 2 is 2.06 bits per heavy atom. The molecule has 0 aliphatic heterocycles. The van der Waals surface area contributed by atoms with Crippen LogP contribution in [0, 0.1) is 0 Å². The van der Waals surface area contributed by atoms with Gasteiger partial charge in [0.15, 0.2) is 5.75 Å². The van der Waals surface area contributed by atoms with E-state index in [4.69, 9.17) is 16.3 Å². The van der Waals surface area contributed by atoms with Gasteiger partial charge in [0.25, 0.3) is 0 Å². The Bertz CT molecular complexity index is 618. The summed E-state index contributed by atoms with van der Waals surface area (Å²) in [6.07, 6.45) is 0. The first-order valence-electron chi connectivity index (χ1n) is 4.58. The van der Waals surface area contributed by atoms with Crippen LogP contribution in [-0.2, 0) is 4.79 Å². The van der Waals surface area contributed by atoms with Crippen molar-refractivity contribution < 1.29 is 9.53 Å². The highest BCUT2D eigenvalue weighted by Gasteiger charge is 2.08. The lowest BCUT2D eigenvalue weighted by Gasteiger charge is -2.06. The molecule has 0 radical (unpaired) electrons. The summed E-state index contributed by atoms with van der Waals surface area (Å²) in [6, 6.07) is 6.11. The zero-order valence-corrected chi connectivity index (χ0v) is 9.17. The summed E-state index contributed by atoms with van der Waals surface area (Å²) in [5.74, 6) is -0.155. The molecule has 0 unspecified atom stereocenters. The number of hydrogen-bond donors (Lipinski definition) is 1. The summed E-state index contributed by atoms with van der Waals surface area (Å²) >= 11 is 5.96. The zero-order valence-electron chi connectivity index (χ0n) is 8.41. The number of aromatic nitrogens is 1. The van der Waals surface area contributed by atoms with Gasteiger partial charge in [0.1, 0.15) is 0 Å². The van der Waals surface area contributed by atoms with Gasteiger partial charge in [0, 0.05) is 18.4 Å². The summed E-state index contributed by atoms with van der Waals surface area (Å²) in [6.45, 7) is 1.29. The second-order valence-corrected chi connectivity index (χ2v) is 3.66. The van der Waals surface area contributed by atoms with Gasteiger partial charge in [0.05, 0.1) is 10.5 Å². The second kappa shape index (κ2) is 3.98. The average molecular weight is 238 g/mol. The predicted molar refractivity (Wildman–Crippen MR) is 60.9 cm³/mol. The molecule has 0 aliphatic carbocycles. The highest BCUT2D eigenvalue weighted by Crippen LogP contribution is 2.28. The van der Waals surface area contributed by atoms with E-state index in [0.717, 1.165) is 0 Å². The maximum atomic E-state index is 11.2. The predicted octanol–water partition coefficient (Wildman–Crippen LogP) is 2.11. The summed E-state index contributed by atoms with van der Waals surface area (Å²) in [5, 5.41) is 1.13. The van der Waals surface area contributed by atoms with E-state index in [1.807, 2.05) is 0 Å². The van der Waals surface area contributed by atoms with Crippen molar-refractivity contribution in [1.82, 2.24) is 4.98 Å². The number of aromatic amines is 1. The van der Waals surface area contributed by atoms with Crippen LogP contribution in [0.3, 0.4) is 0 Å². The molecule has 0 bridgehead atoms. The van der Waals surface area contributed by atoms with Crippen LogP contribution in [0.25, 0.3) is 10.9 Å². The van der Waals surface area contributed by atoms with Gasteiger partial charge in [-0.2, -0.15) is 0 Å². The number of fused-ring (bicyclic) bond motifs is 1. The van der Waals surface area contributed by atoms with E-state index < -0.39 is 5.97 Å². The maximum Gasteiger partial charge on any atom is 0.308 e. The average Bonchev–Trinajstić information content (AvgIpc) is 2.22. The number of hydrogen-bond acceptors (Lipinski definition) is 3. The lowest BCUT2D eigenvalue weighted by atomic mass is 10.2. The molecule has 0 saturated carbocycles. The van der Waals surface area contributed by atoms with Crippen LogP contribution >= 0.6 is 11.6 Å². The van der Waals surface area contributed by atoms with Gasteiger partial charge in [-0.3, -0.25) is 9.59 Å². The molecule has 82 valence electrons. The molecule has 0 aliphatic rings.